The highest BCUT2D eigenvalue weighted by Gasteiger charge is 2.17. The SMILES string of the molecule is CC(=O)Nc1ccc(C(=O)COC(=O)Cc2ccc3c(c2)CCC3)c(NC(C)=O)c1. The van der Waals surface area contributed by atoms with E-state index >= 15 is 0 Å². The van der Waals surface area contributed by atoms with Crippen LogP contribution in [0.2, 0.25) is 0 Å². The number of carbonyl (C=O) groups excluding carboxylic acids is 4. The fourth-order valence-electron chi connectivity index (χ4n) is 3.54. The first-order chi connectivity index (χ1) is 14.3. The molecule has 7 heteroatoms. The largest absolute Gasteiger partial charge is 0.457 e. The molecular weight excluding hydrogens is 384 g/mol. The van der Waals surface area contributed by atoms with E-state index in [2.05, 4.69) is 10.6 Å². The summed E-state index contributed by atoms with van der Waals surface area (Å²) in [6, 6.07) is 10.5. The molecule has 30 heavy (non-hydrogen) atoms. The molecule has 0 spiro atoms. The Kier molecular flexibility index (Phi) is 6.61. The van der Waals surface area contributed by atoms with Gasteiger partial charge in [0.05, 0.1) is 12.1 Å². The highest BCUT2D eigenvalue weighted by atomic mass is 16.5. The van der Waals surface area contributed by atoms with Gasteiger partial charge >= 0.3 is 5.97 Å². The first-order valence-corrected chi connectivity index (χ1v) is 9.80. The lowest BCUT2D eigenvalue weighted by Gasteiger charge is -2.12. The van der Waals surface area contributed by atoms with E-state index in [-0.39, 0.29) is 29.5 Å². The van der Waals surface area contributed by atoms with E-state index in [1.54, 1.807) is 6.07 Å². The highest BCUT2D eigenvalue weighted by Crippen LogP contribution is 2.24. The molecule has 1 aliphatic rings. The van der Waals surface area contributed by atoms with Crippen molar-refractivity contribution in [3.63, 3.8) is 0 Å². The maximum atomic E-state index is 12.6. The molecule has 0 unspecified atom stereocenters. The van der Waals surface area contributed by atoms with Crippen LogP contribution >= 0.6 is 0 Å². The molecule has 0 aliphatic heterocycles. The molecule has 0 heterocycles. The fraction of sp³-hybridized carbons (Fsp3) is 0.304. The second kappa shape index (κ2) is 9.35. The summed E-state index contributed by atoms with van der Waals surface area (Å²) in [5.41, 5.74) is 4.35. The van der Waals surface area contributed by atoms with Crippen LogP contribution in [-0.4, -0.2) is 30.2 Å². The molecule has 1 aliphatic carbocycles. The number of anilines is 2. The van der Waals surface area contributed by atoms with E-state index in [0.717, 1.165) is 24.8 Å². The Bertz CT molecular complexity index is 1010. The number of fused-ring (bicyclic) bond motifs is 1. The van der Waals surface area contributed by atoms with Crippen LogP contribution in [-0.2, 0) is 38.4 Å². The third-order valence-electron chi connectivity index (χ3n) is 4.83. The summed E-state index contributed by atoms with van der Waals surface area (Å²) in [6.07, 6.45) is 3.33. The molecule has 3 rings (SSSR count). The number of rotatable bonds is 7. The van der Waals surface area contributed by atoms with Crippen LogP contribution < -0.4 is 10.6 Å². The number of Topliss-reactive ketones (excluding diaryl/α,β-unsaturated/α-hetero) is 1. The zero-order valence-electron chi connectivity index (χ0n) is 17.0. The molecule has 0 radical (unpaired) electrons. The quantitative estimate of drug-likeness (QED) is 0.542. The van der Waals surface area contributed by atoms with E-state index in [0.29, 0.717) is 5.69 Å². The summed E-state index contributed by atoms with van der Waals surface area (Å²) in [4.78, 5) is 47.5. The van der Waals surface area contributed by atoms with Crippen LogP contribution in [0.1, 0.15) is 47.3 Å². The van der Waals surface area contributed by atoms with Gasteiger partial charge in [0.15, 0.2) is 6.61 Å². The van der Waals surface area contributed by atoms with Gasteiger partial charge in [-0.25, -0.2) is 0 Å². The lowest BCUT2D eigenvalue weighted by molar-refractivity contribution is -0.141. The number of benzene rings is 2. The lowest BCUT2D eigenvalue weighted by Crippen LogP contribution is -2.18. The number of carbonyl (C=O) groups is 4. The minimum atomic E-state index is -0.489. The molecule has 2 aromatic carbocycles. The molecule has 7 nitrogen and oxygen atoms in total. The number of nitrogens with one attached hydrogen (secondary N) is 2. The fourth-order valence-corrected chi connectivity index (χ4v) is 3.54. The van der Waals surface area contributed by atoms with Crippen LogP contribution in [0.5, 0.6) is 0 Å². The number of ketones is 1. The van der Waals surface area contributed by atoms with Crippen LogP contribution in [0.4, 0.5) is 11.4 Å². The van der Waals surface area contributed by atoms with Gasteiger partial charge in [-0.15, -0.1) is 0 Å². The average molecular weight is 408 g/mol. The molecule has 2 N–H and O–H groups in total. The normalized spacial score (nSPS) is 12.1. The first kappa shape index (κ1) is 21.2. The van der Waals surface area contributed by atoms with Gasteiger partial charge in [0.2, 0.25) is 17.6 Å². The van der Waals surface area contributed by atoms with Crippen LogP contribution in [0.25, 0.3) is 0 Å². The van der Waals surface area contributed by atoms with Crippen molar-refractivity contribution in [3.8, 4) is 0 Å². The van der Waals surface area contributed by atoms with Gasteiger partial charge in [-0.05, 0) is 54.2 Å². The maximum absolute atomic E-state index is 12.6. The average Bonchev–Trinajstić information content (AvgIpc) is 3.13. The predicted octanol–water partition coefficient (Wildman–Crippen LogP) is 3.06. The van der Waals surface area contributed by atoms with Crippen molar-refractivity contribution >= 4 is 34.9 Å². The summed E-state index contributed by atoms with van der Waals surface area (Å²) < 4.78 is 5.17. The van der Waals surface area contributed by atoms with E-state index in [4.69, 9.17) is 4.74 Å². The predicted molar refractivity (Wildman–Crippen MR) is 113 cm³/mol. The van der Waals surface area contributed by atoms with E-state index in [1.165, 1.54) is 37.1 Å². The Labute approximate surface area is 174 Å². The topological polar surface area (TPSA) is 102 Å². The zero-order chi connectivity index (χ0) is 21.7. The summed E-state index contributed by atoms with van der Waals surface area (Å²) in [5.74, 6) is -1.58. The van der Waals surface area contributed by atoms with Gasteiger partial charge in [-0.1, -0.05) is 18.2 Å². The smallest absolute Gasteiger partial charge is 0.310 e. The van der Waals surface area contributed by atoms with Gasteiger partial charge in [-0.3, -0.25) is 19.2 Å². The molecule has 0 atom stereocenters. The van der Waals surface area contributed by atoms with Crippen molar-refractivity contribution < 1.29 is 23.9 Å². The zero-order valence-corrected chi connectivity index (χ0v) is 17.0. The van der Waals surface area contributed by atoms with E-state index in [1.807, 2.05) is 18.2 Å². The second-order valence-corrected chi connectivity index (χ2v) is 7.34. The van der Waals surface area contributed by atoms with E-state index in [9.17, 15) is 19.2 Å². The molecule has 0 saturated heterocycles. The third kappa shape index (κ3) is 5.53. The molecule has 2 aromatic rings. The maximum Gasteiger partial charge on any atom is 0.310 e. The molecule has 0 aromatic heterocycles. The number of amides is 2. The van der Waals surface area contributed by atoms with E-state index < -0.39 is 18.4 Å². The van der Waals surface area contributed by atoms with Gasteiger partial charge in [0, 0.05) is 25.1 Å². The van der Waals surface area contributed by atoms with Crippen LogP contribution in [0.3, 0.4) is 0 Å². The summed E-state index contributed by atoms with van der Waals surface area (Å²) in [7, 11) is 0. The van der Waals surface area contributed by atoms with Crippen molar-refractivity contribution in [2.45, 2.75) is 39.5 Å². The summed E-state index contributed by atoms with van der Waals surface area (Å²) in [5, 5.41) is 5.16. The van der Waals surface area contributed by atoms with Crippen LogP contribution in [0, 0.1) is 0 Å². The summed E-state index contributed by atoms with van der Waals surface area (Å²) >= 11 is 0. The minimum absolute atomic E-state index is 0.0978. The minimum Gasteiger partial charge on any atom is -0.457 e. The molecule has 156 valence electrons. The Balaban J connectivity index is 1.63. The van der Waals surface area contributed by atoms with Gasteiger partial charge in [-0.2, -0.15) is 0 Å². The van der Waals surface area contributed by atoms with Crippen LogP contribution in [0.15, 0.2) is 36.4 Å². The molecule has 0 fully saturated rings. The number of ether oxygens (including phenoxy) is 1. The third-order valence-corrected chi connectivity index (χ3v) is 4.83. The van der Waals surface area contributed by atoms with Crippen molar-refractivity contribution in [3.05, 3.63) is 58.7 Å². The Hall–Kier alpha value is -3.48. The molecule has 2 amide bonds. The van der Waals surface area contributed by atoms with Gasteiger partial charge in [0.1, 0.15) is 0 Å². The first-order valence-electron chi connectivity index (χ1n) is 9.80. The van der Waals surface area contributed by atoms with Gasteiger partial charge in [0.25, 0.3) is 0 Å². The van der Waals surface area contributed by atoms with Crippen molar-refractivity contribution in [1.29, 1.82) is 0 Å². The Morgan fingerprint density at radius 1 is 0.900 bits per heavy atom. The molecule has 0 bridgehead atoms. The molecular formula is C23H24N2O5. The Morgan fingerprint density at radius 2 is 1.63 bits per heavy atom. The number of hydrogen-bond acceptors (Lipinski definition) is 5. The number of esters is 1. The van der Waals surface area contributed by atoms with Crippen molar-refractivity contribution in [1.82, 2.24) is 0 Å². The monoisotopic (exact) mass is 408 g/mol. The standard InChI is InChI=1S/C23H24N2O5/c1-14(26)24-19-8-9-20(21(12-19)25-15(2)27)22(28)13-30-23(29)11-16-6-7-17-4-3-5-18(17)10-16/h6-10,12H,3-5,11,13H2,1-2H3,(H,24,26)(H,25,27). The Morgan fingerprint density at radius 3 is 2.37 bits per heavy atom. The molecule has 0 saturated carbocycles. The van der Waals surface area contributed by atoms with Gasteiger partial charge < -0.3 is 15.4 Å². The second-order valence-electron chi connectivity index (χ2n) is 7.34. The summed E-state index contributed by atoms with van der Waals surface area (Å²) in [6.45, 7) is 2.24. The van der Waals surface area contributed by atoms with Crippen molar-refractivity contribution in [2.75, 3.05) is 17.2 Å². The lowest BCUT2D eigenvalue weighted by atomic mass is 10.0. The van der Waals surface area contributed by atoms with Crippen molar-refractivity contribution in [2.24, 2.45) is 0 Å². The number of aryl methyl sites for hydroxylation is 2. The number of hydrogen-bond donors (Lipinski definition) is 2. The highest BCUT2D eigenvalue weighted by molar-refractivity contribution is 6.06.